The van der Waals surface area contributed by atoms with Gasteiger partial charge in [-0.05, 0) is 38.0 Å². The number of hydrogen-bond donors (Lipinski definition) is 0. The zero-order chi connectivity index (χ0) is 18.7. The molecular formula is C22H23N3O2. The molecule has 0 spiro atoms. The molecule has 5 rings (SSSR count). The molecule has 3 aliphatic rings. The fourth-order valence-corrected chi connectivity index (χ4v) is 4.83. The standard InChI is InChI=1S/C22H23N3O2/c1-14-4-8-16(9-5-14)19-18-20(24-13-3-12-23(19)24)22(27)25(21(18)26)17-10-6-15(2)7-11-17/h4-11,18-20H,3,12-13H2,1-2H3/t18-,19+,20+/m1/s1. The van der Waals surface area contributed by atoms with Crippen molar-refractivity contribution in [3.63, 3.8) is 0 Å². The number of rotatable bonds is 2. The Balaban J connectivity index is 1.57. The third-order valence-electron chi connectivity index (χ3n) is 6.12. The van der Waals surface area contributed by atoms with E-state index in [0.29, 0.717) is 5.69 Å². The van der Waals surface area contributed by atoms with Gasteiger partial charge in [-0.15, -0.1) is 0 Å². The van der Waals surface area contributed by atoms with E-state index in [1.807, 2.05) is 31.2 Å². The molecule has 3 saturated heterocycles. The average Bonchev–Trinajstić information content (AvgIpc) is 3.30. The number of anilines is 1. The van der Waals surface area contributed by atoms with Crippen molar-refractivity contribution in [2.24, 2.45) is 5.92 Å². The number of nitrogens with zero attached hydrogens (tertiary/aromatic N) is 3. The molecule has 3 heterocycles. The van der Waals surface area contributed by atoms with Crippen LogP contribution in [0.15, 0.2) is 48.5 Å². The van der Waals surface area contributed by atoms with Crippen LogP contribution in [0, 0.1) is 19.8 Å². The molecule has 0 unspecified atom stereocenters. The zero-order valence-corrected chi connectivity index (χ0v) is 15.6. The molecule has 0 N–H and O–H groups in total. The fourth-order valence-electron chi connectivity index (χ4n) is 4.83. The molecule has 0 aliphatic carbocycles. The number of fused-ring (bicyclic) bond motifs is 3. The minimum atomic E-state index is -0.382. The van der Waals surface area contributed by atoms with Crippen LogP contribution in [0.1, 0.15) is 29.2 Å². The van der Waals surface area contributed by atoms with E-state index >= 15 is 0 Å². The third-order valence-corrected chi connectivity index (χ3v) is 6.12. The summed E-state index contributed by atoms with van der Waals surface area (Å²) in [5.74, 6) is -0.508. The Morgan fingerprint density at radius 1 is 0.741 bits per heavy atom. The minimum absolute atomic E-state index is 0.0648. The third kappa shape index (κ3) is 2.38. The maximum Gasteiger partial charge on any atom is 0.253 e. The normalized spacial score (nSPS) is 28.1. The van der Waals surface area contributed by atoms with Gasteiger partial charge in [0, 0.05) is 13.1 Å². The monoisotopic (exact) mass is 361 g/mol. The van der Waals surface area contributed by atoms with Crippen LogP contribution >= 0.6 is 0 Å². The van der Waals surface area contributed by atoms with Gasteiger partial charge in [0.2, 0.25) is 5.91 Å². The van der Waals surface area contributed by atoms with E-state index in [-0.39, 0.29) is 29.8 Å². The van der Waals surface area contributed by atoms with Gasteiger partial charge in [0.15, 0.2) is 0 Å². The summed E-state index contributed by atoms with van der Waals surface area (Å²) in [7, 11) is 0. The minimum Gasteiger partial charge on any atom is -0.274 e. The van der Waals surface area contributed by atoms with Crippen LogP contribution in [-0.2, 0) is 9.59 Å². The lowest BCUT2D eigenvalue weighted by atomic mass is 9.89. The summed E-state index contributed by atoms with van der Waals surface area (Å²) in [5, 5.41) is 4.39. The van der Waals surface area contributed by atoms with Gasteiger partial charge in [-0.25, -0.2) is 14.9 Å². The Morgan fingerprint density at radius 2 is 1.30 bits per heavy atom. The van der Waals surface area contributed by atoms with Crippen molar-refractivity contribution >= 4 is 17.5 Å². The number of carbonyl (C=O) groups excluding carboxylic acids is 2. The Bertz CT molecular complexity index is 906. The van der Waals surface area contributed by atoms with Gasteiger partial charge in [-0.1, -0.05) is 47.5 Å². The molecule has 138 valence electrons. The molecule has 3 fully saturated rings. The largest absolute Gasteiger partial charge is 0.274 e. The second-order valence-electron chi connectivity index (χ2n) is 7.85. The van der Waals surface area contributed by atoms with Crippen molar-refractivity contribution in [2.45, 2.75) is 32.4 Å². The fraction of sp³-hybridized carbons (Fsp3) is 0.364. The first kappa shape index (κ1) is 16.7. The van der Waals surface area contributed by atoms with Crippen LogP contribution in [0.2, 0.25) is 0 Å². The summed E-state index contributed by atoms with van der Waals surface area (Å²) < 4.78 is 0. The highest BCUT2D eigenvalue weighted by atomic mass is 16.2. The van der Waals surface area contributed by atoms with E-state index in [1.165, 1.54) is 10.5 Å². The topological polar surface area (TPSA) is 43.9 Å². The summed E-state index contributed by atoms with van der Waals surface area (Å²) >= 11 is 0. The van der Waals surface area contributed by atoms with Gasteiger partial charge in [0.05, 0.1) is 17.6 Å². The summed E-state index contributed by atoms with van der Waals surface area (Å²) in [6.07, 6.45) is 1.03. The van der Waals surface area contributed by atoms with Gasteiger partial charge in [-0.3, -0.25) is 9.59 Å². The van der Waals surface area contributed by atoms with Crippen molar-refractivity contribution in [3.8, 4) is 0 Å². The maximum absolute atomic E-state index is 13.4. The van der Waals surface area contributed by atoms with Gasteiger partial charge in [-0.2, -0.15) is 0 Å². The lowest BCUT2D eigenvalue weighted by Gasteiger charge is -2.29. The summed E-state index contributed by atoms with van der Waals surface area (Å²) in [6, 6.07) is 15.6. The SMILES string of the molecule is Cc1ccc([C@H]2[C@H]3C(=O)N(c4ccc(C)cc4)C(=O)[C@H]3N3CCCN23)cc1. The first-order valence-electron chi connectivity index (χ1n) is 9.60. The maximum atomic E-state index is 13.4. The smallest absolute Gasteiger partial charge is 0.253 e. The van der Waals surface area contributed by atoms with Crippen molar-refractivity contribution in [2.75, 3.05) is 18.0 Å². The van der Waals surface area contributed by atoms with Crippen LogP contribution in [0.4, 0.5) is 5.69 Å². The number of imide groups is 1. The molecule has 5 nitrogen and oxygen atoms in total. The number of benzene rings is 2. The second-order valence-corrected chi connectivity index (χ2v) is 7.85. The Morgan fingerprint density at radius 3 is 1.93 bits per heavy atom. The first-order chi connectivity index (χ1) is 13.1. The van der Waals surface area contributed by atoms with Crippen molar-refractivity contribution in [1.82, 2.24) is 10.0 Å². The highest BCUT2D eigenvalue weighted by Gasteiger charge is 2.62. The predicted molar refractivity (Wildman–Crippen MR) is 103 cm³/mol. The quantitative estimate of drug-likeness (QED) is 0.772. The van der Waals surface area contributed by atoms with E-state index in [4.69, 9.17) is 0 Å². The van der Waals surface area contributed by atoms with E-state index in [9.17, 15) is 9.59 Å². The summed E-state index contributed by atoms with van der Waals surface area (Å²) in [4.78, 5) is 28.1. The Labute approximate surface area is 159 Å². The molecule has 2 aromatic rings. The molecule has 5 heteroatoms. The van der Waals surface area contributed by atoms with E-state index in [1.54, 1.807) is 0 Å². The van der Waals surface area contributed by atoms with Gasteiger partial charge >= 0.3 is 0 Å². The van der Waals surface area contributed by atoms with Crippen molar-refractivity contribution < 1.29 is 9.59 Å². The molecule has 2 amide bonds. The van der Waals surface area contributed by atoms with E-state index < -0.39 is 0 Å². The number of hydrogen-bond acceptors (Lipinski definition) is 4. The lowest BCUT2D eigenvalue weighted by molar-refractivity contribution is -0.126. The highest BCUT2D eigenvalue weighted by molar-refractivity contribution is 6.24. The zero-order valence-electron chi connectivity index (χ0n) is 15.6. The van der Waals surface area contributed by atoms with Gasteiger partial charge < -0.3 is 0 Å². The highest BCUT2D eigenvalue weighted by Crippen LogP contribution is 2.48. The summed E-state index contributed by atoms with van der Waals surface area (Å²) in [6.45, 7) is 5.80. The van der Waals surface area contributed by atoms with Crippen molar-refractivity contribution in [3.05, 3.63) is 65.2 Å². The van der Waals surface area contributed by atoms with Crippen LogP contribution in [0.25, 0.3) is 0 Å². The Hall–Kier alpha value is -2.50. The molecule has 2 aromatic carbocycles. The molecule has 3 aliphatic heterocycles. The predicted octanol–water partition coefficient (Wildman–Crippen LogP) is 2.84. The Kier molecular flexibility index (Phi) is 3.71. The lowest BCUT2D eigenvalue weighted by Crippen LogP contribution is -2.44. The molecule has 3 atom stereocenters. The van der Waals surface area contributed by atoms with E-state index in [0.717, 1.165) is 30.6 Å². The first-order valence-corrected chi connectivity index (χ1v) is 9.60. The number of amides is 2. The average molecular weight is 361 g/mol. The van der Waals surface area contributed by atoms with Crippen LogP contribution < -0.4 is 4.90 Å². The molecule has 0 aromatic heterocycles. The molecule has 0 saturated carbocycles. The summed E-state index contributed by atoms with van der Waals surface area (Å²) in [5.41, 5.74) is 4.10. The van der Waals surface area contributed by atoms with Crippen molar-refractivity contribution in [1.29, 1.82) is 0 Å². The number of carbonyl (C=O) groups is 2. The molecule has 27 heavy (non-hydrogen) atoms. The van der Waals surface area contributed by atoms with Gasteiger partial charge in [0.1, 0.15) is 6.04 Å². The van der Waals surface area contributed by atoms with Crippen LogP contribution in [0.5, 0.6) is 0 Å². The molecular weight excluding hydrogens is 338 g/mol. The molecule has 0 bridgehead atoms. The number of hydrazine groups is 1. The van der Waals surface area contributed by atoms with Crippen LogP contribution in [0.3, 0.4) is 0 Å². The number of aryl methyl sites for hydroxylation is 2. The van der Waals surface area contributed by atoms with Crippen LogP contribution in [-0.4, -0.2) is 41.0 Å². The van der Waals surface area contributed by atoms with Gasteiger partial charge in [0.25, 0.3) is 5.91 Å². The van der Waals surface area contributed by atoms with E-state index in [2.05, 4.69) is 41.2 Å². The second kappa shape index (κ2) is 6.01. The molecule has 0 radical (unpaired) electrons.